The fourth-order valence-corrected chi connectivity index (χ4v) is 2.52. The van der Waals surface area contributed by atoms with Crippen molar-refractivity contribution in [2.45, 2.75) is 4.90 Å². The zero-order chi connectivity index (χ0) is 16.8. The first kappa shape index (κ1) is 16.9. The number of esters is 1. The summed E-state index contributed by atoms with van der Waals surface area (Å²) in [5.74, 6) is 0.428. The molecule has 1 aromatic heterocycles. The molecule has 2 aromatic rings. The number of thioether (sulfide) groups is 1. The van der Waals surface area contributed by atoms with E-state index in [0.29, 0.717) is 10.7 Å². The Morgan fingerprint density at radius 1 is 1.17 bits per heavy atom. The molecule has 5 nitrogen and oxygen atoms in total. The Labute approximate surface area is 137 Å². The summed E-state index contributed by atoms with van der Waals surface area (Å²) in [7, 11) is 2.83. The van der Waals surface area contributed by atoms with Crippen LogP contribution in [0, 0.1) is 0 Å². The summed E-state index contributed by atoms with van der Waals surface area (Å²) in [4.78, 5) is 24.1. The maximum Gasteiger partial charge on any atom is 0.352 e. The molecule has 23 heavy (non-hydrogen) atoms. The normalized spacial score (nSPS) is 10.7. The highest BCUT2D eigenvalue weighted by molar-refractivity contribution is 7.98. The van der Waals surface area contributed by atoms with Crippen molar-refractivity contribution in [3.63, 3.8) is 0 Å². The Balaban J connectivity index is 2.33. The number of rotatable bonds is 5. The second kappa shape index (κ2) is 7.69. The largest absolute Gasteiger partial charge is 0.497 e. The van der Waals surface area contributed by atoms with Crippen LogP contribution in [0.1, 0.15) is 21.7 Å². The number of hydrogen-bond acceptors (Lipinski definition) is 6. The number of hydrogen-bond donors (Lipinski definition) is 0. The number of benzene rings is 1. The average Bonchev–Trinajstić information content (AvgIpc) is 2.59. The van der Waals surface area contributed by atoms with Crippen molar-refractivity contribution in [1.29, 1.82) is 0 Å². The molecule has 0 atom stereocenters. The molecule has 0 saturated heterocycles. The fourth-order valence-electron chi connectivity index (χ4n) is 1.91. The molecule has 0 saturated carbocycles. The summed E-state index contributed by atoms with van der Waals surface area (Å²) in [5.41, 5.74) is 0.135. The third kappa shape index (κ3) is 4.04. The van der Waals surface area contributed by atoms with Crippen LogP contribution in [0.2, 0.25) is 0 Å². The minimum Gasteiger partial charge on any atom is -0.497 e. The van der Waals surface area contributed by atoms with E-state index >= 15 is 0 Å². The van der Waals surface area contributed by atoms with E-state index in [4.69, 9.17) is 9.15 Å². The number of carbonyl (C=O) groups is 1. The van der Waals surface area contributed by atoms with E-state index in [9.17, 15) is 9.59 Å². The lowest BCUT2D eigenvalue weighted by Crippen LogP contribution is -2.17. The number of ether oxygens (including phenoxy) is 2. The van der Waals surface area contributed by atoms with Crippen molar-refractivity contribution in [3.05, 3.63) is 57.6 Å². The van der Waals surface area contributed by atoms with Gasteiger partial charge in [0.2, 0.25) is 0 Å². The number of carbonyl (C=O) groups excluding carboxylic acids is 1. The smallest absolute Gasteiger partial charge is 0.352 e. The molecule has 0 radical (unpaired) electrons. The lowest BCUT2D eigenvalue weighted by atomic mass is 10.2. The van der Waals surface area contributed by atoms with Crippen molar-refractivity contribution in [2.24, 2.45) is 0 Å². The Morgan fingerprint density at radius 3 is 2.43 bits per heavy atom. The van der Waals surface area contributed by atoms with Gasteiger partial charge < -0.3 is 13.9 Å². The summed E-state index contributed by atoms with van der Waals surface area (Å²) in [6.07, 6.45) is 5.25. The minimum atomic E-state index is -0.710. The zero-order valence-corrected chi connectivity index (χ0v) is 13.8. The molecule has 0 aliphatic carbocycles. The van der Waals surface area contributed by atoms with Crippen LogP contribution in [0.4, 0.5) is 0 Å². The van der Waals surface area contributed by atoms with E-state index in [1.807, 2.05) is 24.3 Å². The van der Waals surface area contributed by atoms with Crippen LogP contribution in [-0.2, 0) is 4.74 Å². The average molecular weight is 332 g/mol. The SMILES string of the molecule is COC(=O)c1c(SC)cc(/C=C/c2ccc(OC)cc2)oc1=O. The molecule has 0 bridgehead atoms. The summed E-state index contributed by atoms with van der Waals surface area (Å²) >= 11 is 1.28. The van der Waals surface area contributed by atoms with Gasteiger partial charge in [-0.25, -0.2) is 9.59 Å². The zero-order valence-electron chi connectivity index (χ0n) is 13.0. The van der Waals surface area contributed by atoms with Gasteiger partial charge >= 0.3 is 11.6 Å². The second-order valence-electron chi connectivity index (χ2n) is 4.48. The summed E-state index contributed by atoms with van der Waals surface area (Å²) in [6.45, 7) is 0. The van der Waals surface area contributed by atoms with Gasteiger partial charge in [-0.1, -0.05) is 18.2 Å². The quantitative estimate of drug-likeness (QED) is 0.618. The van der Waals surface area contributed by atoms with Gasteiger partial charge in [0.1, 0.15) is 11.5 Å². The van der Waals surface area contributed by atoms with Crippen molar-refractivity contribution < 1.29 is 18.7 Å². The highest BCUT2D eigenvalue weighted by Gasteiger charge is 2.18. The molecule has 6 heteroatoms. The molecule has 0 unspecified atom stereocenters. The number of methoxy groups -OCH3 is 2. The fraction of sp³-hybridized carbons (Fsp3) is 0.176. The van der Waals surface area contributed by atoms with Crippen molar-refractivity contribution in [1.82, 2.24) is 0 Å². The van der Waals surface area contributed by atoms with E-state index in [1.165, 1.54) is 18.9 Å². The van der Waals surface area contributed by atoms with Crippen molar-refractivity contribution in [2.75, 3.05) is 20.5 Å². The molecule has 1 aromatic carbocycles. The van der Waals surface area contributed by atoms with Crippen LogP contribution >= 0.6 is 11.8 Å². The minimum absolute atomic E-state index is 0.0819. The monoisotopic (exact) mass is 332 g/mol. The first-order valence-electron chi connectivity index (χ1n) is 6.71. The van der Waals surface area contributed by atoms with Crippen LogP contribution in [-0.4, -0.2) is 26.4 Å². The lowest BCUT2D eigenvalue weighted by Gasteiger charge is -2.04. The Kier molecular flexibility index (Phi) is 5.65. The van der Waals surface area contributed by atoms with Gasteiger partial charge in [-0.15, -0.1) is 11.8 Å². The van der Waals surface area contributed by atoms with Crippen molar-refractivity contribution >= 4 is 29.9 Å². The molecule has 120 valence electrons. The Morgan fingerprint density at radius 2 is 1.87 bits per heavy atom. The maximum absolute atomic E-state index is 12.0. The summed E-state index contributed by atoms with van der Waals surface area (Å²) < 4.78 is 14.9. The van der Waals surface area contributed by atoms with E-state index in [0.717, 1.165) is 11.3 Å². The van der Waals surface area contributed by atoms with Crippen LogP contribution in [0.5, 0.6) is 5.75 Å². The molecule has 0 aliphatic rings. The van der Waals surface area contributed by atoms with Crippen LogP contribution in [0.3, 0.4) is 0 Å². The highest BCUT2D eigenvalue weighted by Crippen LogP contribution is 2.21. The topological polar surface area (TPSA) is 65.7 Å². The third-order valence-corrected chi connectivity index (χ3v) is 3.86. The predicted molar refractivity (Wildman–Crippen MR) is 90.0 cm³/mol. The van der Waals surface area contributed by atoms with Gasteiger partial charge in [0.25, 0.3) is 0 Å². The molecule has 2 rings (SSSR count). The van der Waals surface area contributed by atoms with Crippen LogP contribution in [0.15, 0.2) is 44.4 Å². The molecule has 0 aliphatic heterocycles. The summed E-state index contributed by atoms with van der Waals surface area (Å²) in [6, 6.07) is 9.07. The molecule has 0 spiro atoms. The standard InChI is InChI=1S/C17H16O5S/c1-20-12-7-4-11(5-8-12)6-9-13-10-14(23-3)15(16(18)21-2)17(19)22-13/h4-10H,1-3H3/b9-6+. The van der Waals surface area contributed by atoms with E-state index in [-0.39, 0.29) is 5.56 Å². The lowest BCUT2D eigenvalue weighted by molar-refractivity contribution is 0.0591. The molecular formula is C17H16O5S. The third-order valence-electron chi connectivity index (χ3n) is 3.10. The second-order valence-corrected chi connectivity index (χ2v) is 5.33. The van der Waals surface area contributed by atoms with Crippen LogP contribution in [0.25, 0.3) is 12.2 Å². The van der Waals surface area contributed by atoms with Gasteiger partial charge in [0.15, 0.2) is 5.56 Å². The first-order chi connectivity index (χ1) is 11.1. The molecule has 0 amide bonds. The van der Waals surface area contributed by atoms with Crippen molar-refractivity contribution in [3.8, 4) is 5.75 Å². The Bertz CT molecular complexity index is 775. The summed E-state index contributed by atoms with van der Waals surface area (Å²) in [5, 5.41) is 0. The maximum atomic E-state index is 12.0. The highest BCUT2D eigenvalue weighted by atomic mass is 32.2. The van der Waals surface area contributed by atoms with Gasteiger partial charge in [-0.3, -0.25) is 0 Å². The first-order valence-corrected chi connectivity index (χ1v) is 7.94. The van der Waals surface area contributed by atoms with Gasteiger partial charge in [-0.05, 0) is 36.1 Å². The van der Waals surface area contributed by atoms with Gasteiger partial charge in [0.05, 0.1) is 14.2 Å². The molecular weight excluding hydrogens is 316 g/mol. The van der Waals surface area contributed by atoms with Gasteiger partial charge in [-0.2, -0.15) is 0 Å². The Hall–Kier alpha value is -2.47. The molecule has 0 fully saturated rings. The molecule has 0 N–H and O–H groups in total. The van der Waals surface area contributed by atoms with E-state index < -0.39 is 11.6 Å². The molecule has 1 heterocycles. The van der Waals surface area contributed by atoms with Gasteiger partial charge in [0, 0.05) is 4.90 Å². The van der Waals surface area contributed by atoms with E-state index in [2.05, 4.69) is 4.74 Å². The van der Waals surface area contributed by atoms with E-state index in [1.54, 1.807) is 31.6 Å². The van der Waals surface area contributed by atoms with Crippen LogP contribution < -0.4 is 10.4 Å². The predicted octanol–water partition coefficient (Wildman–Crippen LogP) is 3.33.